The number of azide groups is 1. The highest BCUT2D eigenvalue weighted by atomic mass is 16.4. The van der Waals surface area contributed by atoms with Gasteiger partial charge in [-0.25, -0.2) is 4.79 Å². The Morgan fingerprint density at radius 1 is 1.00 bits per heavy atom. The maximum Gasteiger partial charge on any atom is 0.372 e. The fourth-order valence-electron chi connectivity index (χ4n) is 2.15. The number of hydrogen-bond donors (Lipinski definition) is 6. The molecule has 0 saturated carbocycles. The second-order valence-corrected chi connectivity index (χ2v) is 5.42. The summed E-state index contributed by atoms with van der Waals surface area (Å²) in [7, 11) is 0. The molecule has 13 nitrogen and oxygen atoms in total. The Hall–Kier alpha value is -2.73. The third-order valence-corrected chi connectivity index (χ3v) is 3.27. The standard InChI is InChI=1S/C13H21N5O8/c1-5(19)16-10(7(21)3-8(22)13(25)26)12(24)11(17-6(2)20)9(23)4-15-18-14/h7,9-12,21,23-24H,3-4H2,1-2H3,(H,16,19)(H,17,20)(H,25,26)/t7-,9-,10-,11-,12-/m1/s1. The van der Waals surface area contributed by atoms with Crippen LogP contribution in [0.4, 0.5) is 0 Å². The number of nitrogens with one attached hydrogen (secondary N) is 2. The second-order valence-electron chi connectivity index (χ2n) is 5.42. The number of carbonyl (C=O) groups excluding carboxylic acids is 3. The number of carbonyl (C=O) groups is 4. The zero-order chi connectivity index (χ0) is 20.4. The third-order valence-electron chi connectivity index (χ3n) is 3.27. The van der Waals surface area contributed by atoms with Gasteiger partial charge in [0.05, 0.1) is 36.9 Å². The highest BCUT2D eigenvalue weighted by Gasteiger charge is 2.38. The molecule has 0 aromatic heterocycles. The van der Waals surface area contributed by atoms with E-state index >= 15 is 0 Å². The quantitative estimate of drug-likeness (QED) is 0.0972. The van der Waals surface area contributed by atoms with Crippen LogP contribution in [0.25, 0.3) is 10.4 Å². The monoisotopic (exact) mass is 375 g/mol. The van der Waals surface area contributed by atoms with Gasteiger partial charge in [0.25, 0.3) is 0 Å². The summed E-state index contributed by atoms with van der Waals surface area (Å²) in [5.41, 5.74) is 8.29. The molecule has 0 unspecified atom stereocenters. The molecule has 5 atom stereocenters. The smallest absolute Gasteiger partial charge is 0.372 e. The summed E-state index contributed by atoms with van der Waals surface area (Å²) in [4.78, 5) is 46.9. The van der Waals surface area contributed by atoms with Gasteiger partial charge in [0.2, 0.25) is 17.6 Å². The fraction of sp³-hybridized carbons (Fsp3) is 0.692. The summed E-state index contributed by atoms with van der Waals surface area (Å²) in [5, 5.41) is 46.5. The largest absolute Gasteiger partial charge is 0.475 e. The Balaban J connectivity index is 5.58. The van der Waals surface area contributed by atoms with Crippen molar-refractivity contribution in [2.24, 2.45) is 5.11 Å². The summed E-state index contributed by atoms with van der Waals surface area (Å²) >= 11 is 0. The Morgan fingerprint density at radius 3 is 1.85 bits per heavy atom. The van der Waals surface area contributed by atoms with Gasteiger partial charge in [-0.3, -0.25) is 14.4 Å². The molecule has 146 valence electrons. The van der Waals surface area contributed by atoms with Crippen LogP contribution >= 0.6 is 0 Å². The van der Waals surface area contributed by atoms with Gasteiger partial charge >= 0.3 is 5.97 Å². The van der Waals surface area contributed by atoms with E-state index in [-0.39, 0.29) is 0 Å². The molecule has 0 spiro atoms. The number of ketones is 1. The zero-order valence-corrected chi connectivity index (χ0v) is 14.1. The first kappa shape index (κ1) is 23.3. The van der Waals surface area contributed by atoms with Crippen LogP contribution in [0.3, 0.4) is 0 Å². The lowest BCUT2D eigenvalue weighted by atomic mass is 9.92. The number of aliphatic carboxylic acids is 1. The van der Waals surface area contributed by atoms with Crippen molar-refractivity contribution in [1.82, 2.24) is 10.6 Å². The van der Waals surface area contributed by atoms with Gasteiger partial charge in [-0.1, -0.05) is 5.11 Å². The fourth-order valence-corrected chi connectivity index (χ4v) is 2.15. The number of rotatable bonds is 11. The molecule has 0 aliphatic rings. The highest BCUT2D eigenvalue weighted by Crippen LogP contribution is 2.13. The molecular formula is C13H21N5O8. The van der Waals surface area contributed by atoms with Crippen molar-refractivity contribution in [2.75, 3.05) is 6.54 Å². The van der Waals surface area contributed by atoms with Gasteiger partial charge in [0.1, 0.15) is 0 Å². The van der Waals surface area contributed by atoms with E-state index < -0.39 is 66.9 Å². The molecule has 2 amide bonds. The first-order chi connectivity index (χ1) is 12.0. The first-order valence-corrected chi connectivity index (χ1v) is 7.36. The van der Waals surface area contributed by atoms with Crippen molar-refractivity contribution in [2.45, 2.75) is 50.7 Å². The van der Waals surface area contributed by atoms with Gasteiger partial charge in [-0.15, -0.1) is 0 Å². The highest BCUT2D eigenvalue weighted by molar-refractivity contribution is 6.32. The molecule has 0 aromatic rings. The van der Waals surface area contributed by atoms with Gasteiger partial charge in [-0.05, 0) is 5.53 Å². The topological polar surface area (TPSA) is 222 Å². The number of hydrogen-bond acceptors (Lipinski definition) is 8. The van der Waals surface area contributed by atoms with Crippen LogP contribution in [-0.4, -0.2) is 80.9 Å². The Labute approximate surface area is 147 Å². The Bertz CT molecular complexity index is 591. The second kappa shape index (κ2) is 11.0. The first-order valence-electron chi connectivity index (χ1n) is 7.36. The van der Waals surface area contributed by atoms with Gasteiger partial charge in [0, 0.05) is 25.2 Å². The molecule has 0 aliphatic heterocycles. The predicted octanol–water partition coefficient (Wildman–Crippen LogP) is -2.57. The number of aliphatic hydroxyl groups excluding tert-OH is 3. The van der Waals surface area contributed by atoms with E-state index in [2.05, 4.69) is 20.7 Å². The number of amides is 2. The average molecular weight is 375 g/mol. The van der Waals surface area contributed by atoms with E-state index in [1.165, 1.54) is 0 Å². The molecule has 13 heteroatoms. The van der Waals surface area contributed by atoms with Crippen molar-refractivity contribution in [3.8, 4) is 0 Å². The minimum atomic E-state index is -1.84. The molecule has 0 heterocycles. The van der Waals surface area contributed by atoms with E-state index in [0.29, 0.717) is 0 Å². The van der Waals surface area contributed by atoms with Crippen LogP contribution in [0.15, 0.2) is 5.11 Å². The van der Waals surface area contributed by atoms with Crippen LogP contribution < -0.4 is 10.6 Å². The minimum Gasteiger partial charge on any atom is -0.475 e. The van der Waals surface area contributed by atoms with E-state index in [9.17, 15) is 34.5 Å². The number of carboxylic acid groups (broad SMARTS) is 1. The van der Waals surface area contributed by atoms with Gasteiger partial charge in [-0.2, -0.15) is 0 Å². The molecule has 26 heavy (non-hydrogen) atoms. The van der Waals surface area contributed by atoms with Crippen molar-refractivity contribution in [3.63, 3.8) is 0 Å². The predicted molar refractivity (Wildman–Crippen MR) is 84.5 cm³/mol. The lowest BCUT2D eigenvalue weighted by Gasteiger charge is -2.35. The normalized spacial score (nSPS) is 16.2. The number of Topliss-reactive ketones (excluding diaryl/α,β-unsaturated/α-hetero) is 1. The SMILES string of the molecule is CC(=O)N[C@@H]([C@H](O)[C@H](NC(C)=O)[C@H](O)CC(=O)C(=O)O)[C@H](O)CN=[N+]=[N-]. The number of carboxylic acids is 1. The van der Waals surface area contributed by atoms with E-state index in [4.69, 9.17) is 10.6 Å². The van der Waals surface area contributed by atoms with E-state index in [0.717, 1.165) is 13.8 Å². The molecule has 6 N–H and O–H groups in total. The van der Waals surface area contributed by atoms with E-state index in [1.807, 2.05) is 0 Å². The molecule has 0 aliphatic carbocycles. The van der Waals surface area contributed by atoms with Gasteiger partial charge < -0.3 is 31.1 Å². The Morgan fingerprint density at radius 2 is 1.46 bits per heavy atom. The number of aliphatic hydroxyl groups is 3. The summed E-state index contributed by atoms with van der Waals surface area (Å²) in [6.07, 6.45) is -6.21. The van der Waals surface area contributed by atoms with Crippen LogP contribution in [-0.2, 0) is 19.2 Å². The molecule has 0 rings (SSSR count). The average Bonchev–Trinajstić information content (AvgIpc) is 2.54. The minimum absolute atomic E-state index is 0.546. The molecule has 0 radical (unpaired) electrons. The summed E-state index contributed by atoms with van der Waals surface area (Å²) in [6.45, 7) is 1.56. The summed E-state index contributed by atoms with van der Waals surface area (Å²) < 4.78 is 0. The van der Waals surface area contributed by atoms with Gasteiger partial charge in [0.15, 0.2) is 0 Å². The molecular weight excluding hydrogens is 354 g/mol. The zero-order valence-electron chi connectivity index (χ0n) is 14.1. The summed E-state index contributed by atoms with van der Waals surface area (Å²) in [6, 6.07) is -3.10. The summed E-state index contributed by atoms with van der Waals surface area (Å²) in [5.74, 6) is -4.61. The molecule has 0 saturated heterocycles. The van der Waals surface area contributed by atoms with E-state index in [1.54, 1.807) is 0 Å². The van der Waals surface area contributed by atoms with Crippen LogP contribution in [0, 0.1) is 0 Å². The van der Waals surface area contributed by atoms with Crippen molar-refractivity contribution in [3.05, 3.63) is 10.4 Å². The number of nitrogens with zero attached hydrogens (tertiary/aromatic N) is 3. The van der Waals surface area contributed by atoms with Crippen LogP contribution in [0.5, 0.6) is 0 Å². The van der Waals surface area contributed by atoms with Crippen LogP contribution in [0.2, 0.25) is 0 Å². The molecule has 0 fully saturated rings. The Kier molecular flexibility index (Phi) is 9.84. The maximum absolute atomic E-state index is 11.3. The lowest BCUT2D eigenvalue weighted by molar-refractivity contribution is -0.150. The van der Waals surface area contributed by atoms with Crippen molar-refractivity contribution in [1.29, 1.82) is 0 Å². The van der Waals surface area contributed by atoms with Crippen molar-refractivity contribution >= 4 is 23.6 Å². The maximum atomic E-state index is 11.3. The van der Waals surface area contributed by atoms with Crippen LogP contribution in [0.1, 0.15) is 20.3 Å². The lowest BCUT2D eigenvalue weighted by Crippen LogP contribution is -2.62. The van der Waals surface area contributed by atoms with Crippen molar-refractivity contribution < 1.29 is 39.6 Å². The molecule has 0 bridgehead atoms. The molecule has 0 aromatic carbocycles. The third kappa shape index (κ3) is 7.90.